The van der Waals surface area contributed by atoms with Gasteiger partial charge in [0.1, 0.15) is 19.8 Å². The van der Waals surface area contributed by atoms with Gasteiger partial charge >= 0.3 is 19.8 Å². The zero-order valence-electron chi connectivity index (χ0n) is 48.6. The molecule has 0 aromatic rings. The summed E-state index contributed by atoms with van der Waals surface area (Å²) in [6, 6.07) is 0. The molecule has 0 bridgehead atoms. The van der Waals surface area contributed by atoms with Crippen molar-refractivity contribution in [3.8, 4) is 0 Å². The summed E-state index contributed by atoms with van der Waals surface area (Å²) in [6.07, 6.45) is 73.8. The Kier molecular flexibility index (Phi) is 52.9. The highest BCUT2D eigenvalue weighted by Crippen LogP contribution is 2.43. The second kappa shape index (κ2) is 55.0. The first kappa shape index (κ1) is 71.2. The lowest BCUT2D eigenvalue weighted by molar-refractivity contribution is -0.870. The van der Waals surface area contributed by atoms with Crippen LogP contribution in [-0.4, -0.2) is 74.9 Å². The number of hydrogen-bond donors (Lipinski definition) is 1. The van der Waals surface area contributed by atoms with E-state index < -0.39 is 26.5 Å². The normalized spacial score (nSPS) is 13.9. The van der Waals surface area contributed by atoms with Gasteiger partial charge < -0.3 is 18.9 Å². The van der Waals surface area contributed by atoms with Gasteiger partial charge in [-0.1, -0.05) is 240 Å². The molecule has 0 aliphatic heterocycles. The zero-order valence-corrected chi connectivity index (χ0v) is 49.5. The lowest BCUT2D eigenvalue weighted by atomic mass is 10.0. The van der Waals surface area contributed by atoms with E-state index in [1.165, 1.54) is 128 Å². The Labute approximate surface area is 456 Å². The fourth-order valence-electron chi connectivity index (χ4n) is 8.25. The molecule has 428 valence electrons. The van der Waals surface area contributed by atoms with Crippen molar-refractivity contribution in [2.45, 2.75) is 264 Å². The van der Waals surface area contributed by atoms with Crippen molar-refractivity contribution >= 4 is 19.8 Å². The van der Waals surface area contributed by atoms with Crippen LogP contribution < -0.4 is 0 Å². The maximum absolute atomic E-state index is 12.8. The average molecular weight is 1060 g/mol. The molecule has 2 unspecified atom stereocenters. The van der Waals surface area contributed by atoms with Gasteiger partial charge in [-0.3, -0.25) is 18.6 Å². The van der Waals surface area contributed by atoms with Crippen molar-refractivity contribution in [1.82, 2.24) is 0 Å². The summed E-state index contributed by atoms with van der Waals surface area (Å²) in [4.78, 5) is 35.7. The number of allylic oxidation sites excluding steroid dienone is 14. The Bertz CT molecular complexity index is 1520. The van der Waals surface area contributed by atoms with Crippen LogP contribution in [0.1, 0.15) is 258 Å². The summed E-state index contributed by atoms with van der Waals surface area (Å²) in [6.45, 7) is 4.32. The molecule has 0 spiro atoms. The maximum atomic E-state index is 12.8. The van der Waals surface area contributed by atoms with Gasteiger partial charge in [0.15, 0.2) is 6.10 Å². The predicted molar refractivity (Wildman–Crippen MR) is 316 cm³/mol. The minimum Gasteiger partial charge on any atom is -0.462 e. The Morgan fingerprint density at radius 1 is 0.432 bits per heavy atom. The van der Waals surface area contributed by atoms with Crippen molar-refractivity contribution in [3.05, 3.63) is 85.1 Å². The lowest BCUT2D eigenvalue weighted by Crippen LogP contribution is -2.37. The molecule has 0 saturated carbocycles. The highest BCUT2D eigenvalue weighted by molar-refractivity contribution is 7.47. The van der Waals surface area contributed by atoms with Crippen molar-refractivity contribution in [2.24, 2.45) is 0 Å². The van der Waals surface area contributed by atoms with Gasteiger partial charge in [0, 0.05) is 12.8 Å². The summed E-state index contributed by atoms with van der Waals surface area (Å²) >= 11 is 0. The van der Waals surface area contributed by atoms with Gasteiger partial charge in [-0.05, 0) is 89.9 Å². The molecule has 0 aliphatic rings. The van der Waals surface area contributed by atoms with Gasteiger partial charge in [0.2, 0.25) is 0 Å². The van der Waals surface area contributed by atoms with Crippen LogP contribution in [0.5, 0.6) is 0 Å². The van der Waals surface area contributed by atoms with Crippen LogP contribution in [0, 0.1) is 0 Å². The monoisotopic (exact) mass is 1060 g/mol. The van der Waals surface area contributed by atoms with Crippen LogP contribution in [-0.2, 0) is 32.7 Å². The molecule has 10 heteroatoms. The van der Waals surface area contributed by atoms with E-state index in [2.05, 4.69) is 98.9 Å². The number of hydrogen-bond acceptors (Lipinski definition) is 7. The third-order valence-electron chi connectivity index (χ3n) is 12.9. The van der Waals surface area contributed by atoms with Crippen LogP contribution in [0.25, 0.3) is 0 Å². The number of unbranched alkanes of at least 4 members (excludes halogenated alkanes) is 27. The molecule has 2 atom stereocenters. The van der Waals surface area contributed by atoms with Gasteiger partial charge in [0.05, 0.1) is 27.7 Å². The van der Waals surface area contributed by atoms with Crippen molar-refractivity contribution < 1.29 is 42.1 Å². The Balaban J connectivity index is 4.04. The number of ether oxygens (including phenoxy) is 2. The van der Waals surface area contributed by atoms with E-state index in [0.717, 1.165) is 96.3 Å². The SMILES string of the molecule is CC/C=C\C/C=C\C/C=C\C/C=C\C/C=C\C/C=C\CCCCCCCCCCCCCCCCCCC(=O)OC(COC(=O)CCCCCCC/C=C\CCCCCCCC)COP(=O)(O)OCC[N+](C)(C)C. The summed E-state index contributed by atoms with van der Waals surface area (Å²) in [7, 11) is 1.47. The Morgan fingerprint density at radius 3 is 1.16 bits per heavy atom. The average Bonchev–Trinajstić information content (AvgIpc) is 3.36. The molecule has 0 rings (SSSR count). The molecule has 0 aliphatic carbocycles. The minimum absolute atomic E-state index is 0.0289. The zero-order chi connectivity index (χ0) is 54.2. The number of esters is 2. The number of likely N-dealkylation sites (N-methyl/N-ethyl adjacent to an activating group) is 1. The number of carbonyl (C=O) groups excluding carboxylic acids is 2. The third-order valence-corrected chi connectivity index (χ3v) is 13.9. The van der Waals surface area contributed by atoms with Crippen LogP contribution in [0.4, 0.5) is 0 Å². The Hall–Kier alpha value is -2.81. The summed E-state index contributed by atoms with van der Waals surface area (Å²) in [5.74, 6) is -0.803. The standard InChI is InChI=1S/C64H114NO8P/c1-6-8-10-12-14-16-18-20-22-23-24-25-26-27-28-29-30-31-32-33-34-35-36-37-38-39-40-41-43-45-47-49-51-53-55-57-64(67)73-62(61-72-74(68,69)71-59-58-65(3,4)5)60-70-63(66)56-54-52-50-48-46-44-42-21-19-17-15-13-11-9-7-2/h8,10,14,16,20-22,24-25,27-28,30-31,42,62H,6-7,9,11-13,15,17-19,23,26,29,32-41,43-61H2,1-5H3/p+1/b10-8-,16-14-,22-20-,25-24-,28-27-,31-30-,42-21-. The molecule has 0 amide bonds. The van der Waals surface area contributed by atoms with E-state index in [4.69, 9.17) is 18.5 Å². The van der Waals surface area contributed by atoms with Gasteiger partial charge in [-0.15, -0.1) is 0 Å². The second-order valence-electron chi connectivity index (χ2n) is 21.4. The molecule has 0 aromatic heterocycles. The molecule has 1 N–H and O–H groups in total. The quantitative estimate of drug-likeness (QED) is 0.0211. The van der Waals surface area contributed by atoms with E-state index in [-0.39, 0.29) is 32.0 Å². The highest BCUT2D eigenvalue weighted by Gasteiger charge is 2.27. The van der Waals surface area contributed by atoms with Crippen LogP contribution in [0.2, 0.25) is 0 Å². The summed E-state index contributed by atoms with van der Waals surface area (Å²) in [5.41, 5.74) is 0. The molecule has 0 heterocycles. The lowest BCUT2D eigenvalue weighted by Gasteiger charge is -2.24. The third kappa shape index (κ3) is 58.5. The van der Waals surface area contributed by atoms with E-state index in [1.54, 1.807) is 0 Å². The van der Waals surface area contributed by atoms with Gasteiger partial charge in [-0.2, -0.15) is 0 Å². The fraction of sp³-hybridized carbons (Fsp3) is 0.750. The number of rotatable bonds is 55. The second-order valence-corrected chi connectivity index (χ2v) is 22.8. The van der Waals surface area contributed by atoms with Crippen LogP contribution in [0.3, 0.4) is 0 Å². The van der Waals surface area contributed by atoms with Gasteiger partial charge in [-0.25, -0.2) is 4.57 Å². The Morgan fingerprint density at radius 2 is 0.770 bits per heavy atom. The molecular weight excluding hydrogens is 942 g/mol. The van der Waals surface area contributed by atoms with E-state index in [0.29, 0.717) is 17.4 Å². The van der Waals surface area contributed by atoms with Crippen molar-refractivity contribution in [3.63, 3.8) is 0 Å². The summed E-state index contributed by atoms with van der Waals surface area (Å²) in [5, 5.41) is 0. The minimum atomic E-state index is -4.39. The number of nitrogens with zero attached hydrogens (tertiary/aromatic N) is 1. The van der Waals surface area contributed by atoms with Crippen molar-refractivity contribution in [2.75, 3.05) is 47.5 Å². The molecule has 9 nitrogen and oxygen atoms in total. The van der Waals surface area contributed by atoms with E-state index >= 15 is 0 Å². The number of phosphoric ester groups is 1. The molecule has 0 saturated heterocycles. The van der Waals surface area contributed by atoms with Crippen molar-refractivity contribution in [1.29, 1.82) is 0 Å². The molecule has 0 aromatic carbocycles. The van der Waals surface area contributed by atoms with E-state index in [9.17, 15) is 19.0 Å². The van der Waals surface area contributed by atoms with Crippen LogP contribution >= 0.6 is 7.82 Å². The molecule has 0 fully saturated rings. The molecule has 74 heavy (non-hydrogen) atoms. The number of carbonyl (C=O) groups is 2. The summed E-state index contributed by atoms with van der Waals surface area (Å²) < 4.78 is 34.5. The first-order chi connectivity index (χ1) is 36.0. The number of phosphoric acid groups is 1. The highest BCUT2D eigenvalue weighted by atomic mass is 31.2. The van der Waals surface area contributed by atoms with Crippen LogP contribution in [0.15, 0.2) is 85.1 Å². The number of quaternary nitrogens is 1. The maximum Gasteiger partial charge on any atom is 0.472 e. The smallest absolute Gasteiger partial charge is 0.462 e. The fourth-order valence-corrected chi connectivity index (χ4v) is 8.99. The largest absolute Gasteiger partial charge is 0.472 e. The first-order valence-corrected chi connectivity index (χ1v) is 31.8. The van der Waals surface area contributed by atoms with Gasteiger partial charge in [0.25, 0.3) is 0 Å². The molecular formula is C64H115NO8P+. The topological polar surface area (TPSA) is 108 Å². The first-order valence-electron chi connectivity index (χ1n) is 30.3. The molecule has 0 radical (unpaired) electrons. The predicted octanol–water partition coefficient (Wildman–Crippen LogP) is 19.0. The van der Waals surface area contributed by atoms with E-state index in [1.807, 2.05) is 21.1 Å².